The lowest BCUT2D eigenvalue weighted by atomic mass is 9.97. The minimum atomic E-state index is -1.09. The van der Waals surface area contributed by atoms with Crippen molar-refractivity contribution in [1.29, 1.82) is 0 Å². The number of aromatic amines is 1. The van der Waals surface area contributed by atoms with Gasteiger partial charge in [0.15, 0.2) is 0 Å². The number of H-pyrrole nitrogens is 1. The minimum absolute atomic E-state index is 0.0258. The summed E-state index contributed by atoms with van der Waals surface area (Å²) in [6.45, 7) is 4.17. The number of benzene rings is 4. The lowest BCUT2D eigenvalue weighted by molar-refractivity contribution is 0.0696. The van der Waals surface area contributed by atoms with Crippen LogP contribution in [-0.2, 0) is 0 Å². The third-order valence-corrected chi connectivity index (χ3v) is 6.09. The first kappa shape index (κ1) is 20.6. The second-order valence-corrected chi connectivity index (χ2v) is 8.13. The number of rotatable bonds is 4. The normalized spacial score (nSPS) is 11.2. The number of phenolic OH excluding ortho intramolecular Hbond substituents is 1. The number of carboxylic acids is 1. The Bertz CT molecular complexity index is 1570. The van der Waals surface area contributed by atoms with E-state index in [2.05, 4.69) is 37.0 Å². The van der Waals surface area contributed by atoms with Gasteiger partial charge in [0.05, 0.1) is 29.1 Å². The quantitative estimate of drug-likeness (QED) is 0.316. The monoisotopic (exact) mass is 438 g/mol. The fraction of sp³-hybridized carbons (Fsp3) is 0.111. The molecule has 6 heteroatoms. The maximum Gasteiger partial charge on any atom is 0.335 e. The van der Waals surface area contributed by atoms with Crippen LogP contribution in [0, 0.1) is 13.8 Å². The van der Waals surface area contributed by atoms with Crippen LogP contribution in [0.2, 0.25) is 0 Å². The molecule has 0 aliphatic carbocycles. The average molecular weight is 438 g/mol. The second-order valence-electron chi connectivity index (χ2n) is 8.13. The van der Waals surface area contributed by atoms with Crippen LogP contribution in [0.25, 0.3) is 44.3 Å². The Morgan fingerprint density at radius 2 is 1.76 bits per heavy atom. The summed E-state index contributed by atoms with van der Waals surface area (Å²) in [4.78, 5) is 19.5. The van der Waals surface area contributed by atoms with E-state index >= 15 is 0 Å². The van der Waals surface area contributed by atoms with Gasteiger partial charge in [-0.05, 0) is 60.2 Å². The molecule has 5 rings (SSSR count). The Balaban J connectivity index is 1.71. The molecule has 164 valence electrons. The molecule has 0 bridgehead atoms. The molecule has 6 nitrogen and oxygen atoms in total. The van der Waals surface area contributed by atoms with Crippen LogP contribution < -0.4 is 4.74 Å². The van der Waals surface area contributed by atoms with Crippen molar-refractivity contribution >= 4 is 27.8 Å². The Kier molecular flexibility index (Phi) is 4.78. The number of phenols is 1. The molecule has 0 atom stereocenters. The number of aromatic nitrogens is 2. The van der Waals surface area contributed by atoms with Crippen LogP contribution in [0.1, 0.15) is 21.5 Å². The summed E-state index contributed by atoms with van der Waals surface area (Å²) in [5.74, 6) is 0.0792. The van der Waals surface area contributed by atoms with Crippen LogP contribution in [-0.4, -0.2) is 33.3 Å². The molecule has 0 radical (unpaired) electrons. The van der Waals surface area contributed by atoms with Crippen molar-refractivity contribution < 1.29 is 19.7 Å². The summed E-state index contributed by atoms with van der Waals surface area (Å²) >= 11 is 0. The van der Waals surface area contributed by atoms with Crippen molar-refractivity contribution in [2.24, 2.45) is 0 Å². The number of aromatic carboxylic acids is 1. The highest BCUT2D eigenvalue weighted by Crippen LogP contribution is 2.40. The van der Waals surface area contributed by atoms with E-state index in [4.69, 9.17) is 9.72 Å². The average Bonchev–Trinajstić information content (AvgIpc) is 3.24. The molecule has 1 aromatic heterocycles. The molecular weight excluding hydrogens is 416 g/mol. The van der Waals surface area contributed by atoms with Gasteiger partial charge in [-0.3, -0.25) is 0 Å². The van der Waals surface area contributed by atoms with E-state index in [-0.39, 0.29) is 11.3 Å². The highest BCUT2D eigenvalue weighted by molar-refractivity contribution is 6.10. The number of aromatic hydroxyl groups is 1. The van der Waals surface area contributed by atoms with Crippen molar-refractivity contribution in [2.75, 3.05) is 7.11 Å². The van der Waals surface area contributed by atoms with Crippen molar-refractivity contribution in [3.63, 3.8) is 0 Å². The van der Waals surface area contributed by atoms with E-state index in [1.807, 2.05) is 24.3 Å². The van der Waals surface area contributed by atoms with Crippen LogP contribution in [0.15, 0.2) is 60.7 Å². The summed E-state index contributed by atoms with van der Waals surface area (Å²) in [5, 5.41) is 21.0. The molecule has 3 N–H and O–H groups in total. The van der Waals surface area contributed by atoms with Gasteiger partial charge in [0.2, 0.25) is 0 Å². The van der Waals surface area contributed by atoms with Crippen LogP contribution in [0.3, 0.4) is 0 Å². The van der Waals surface area contributed by atoms with Crippen molar-refractivity contribution in [2.45, 2.75) is 13.8 Å². The number of carboxylic acid groups (broad SMARTS) is 1. The number of fused-ring (bicyclic) bond motifs is 3. The fourth-order valence-electron chi connectivity index (χ4n) is 4.24. The minimum Gasteiger partial charge on any atom is -0.507 e. The van der Waals surface area contributed by atoms with Crippen molar-refractivity contribution in [1.82, 2.24) is 9.97 Å². The van der Waals surface area contributed by atoms with Crippen molar-refractivity contribution in [3.05, 3.63) is 77.4 Å². The molecule has 0 fully saturated rings. The highest BCUT2D eigenvalue weighted by Gasteiger charge is 2.18. The molecule has 0 aliphatic heterocycles. The first-order valence-corrected chi connectivity index (χ1v) is 10.5. The van der Waals surface area contributed by atoms with Gasteiger partial charge in [-0.15, -0.1) is 0 Å². The summed E-state index contributed by atoms with van der Waals surface area (Å²) in [5.41, 5.74) is 6.55. The molecular formula is C27H22N2O4. The second kappa shape index (κ2) is 7.67. The Morgan fingerprint density at radius 3 is 2.48 bits per heavy atom. The number of methoxy groups -OCH3 is 1. The molecule has 0 saturated carbocycles. The summed E-state index contributed by atoms with van der Waals surface area (Å²) in [7, 11) is 1.64. The largest absolute Gasteiger partial charge is 0.507 e. The van der Waals surface area contributed by atoms with Crippen LogP contribution >= 0.6 is 0 Å². The Labute approximate surface area is 190 Å². The van der Waals surface area contributed by atoms with Gasteiger partial charge in [0, 0.05) is 5.56 Å². The molecule has 0 saturated heterocycles. The van der Waals surface area contributed by atoms with Gasteiger partial charge in [0.25, 0.3) is 0 Å². The van der Waals surface area contributed by atoms with Crippen LogP contribution in [0.4, 0.5) is 0 Å². The molecule has 0 amide bonds. The maximum atomic E-state index is 11.4. The lowest BCUT2D eigenvalue weighted by Crippen LogP contribution is -1.95. The van der Waals surface area contributed by atoms with Crippen LogP contribution in [0.5, 0.6) is 11.5 Å². The van der Waals surface area contributed by atoms with E-state index in [9.17, 15) is 15.0 Å². The zero-order valence-electron chi connectivity index (χ0n) is 18.4. The van der Waals surface area contributed by atoms with E-state index in [1.165, 1.54) is 23.3 Å². The first-order valence-electron chi connectivity index (χ1n) is 10.5. The Morgan fingerprint density at radius 1 is 0.970 bits per heavy atom. The number of hydrogen-bond acceptors (Lipinski definition) is 4. The van der Waals surface area contributed by atoms with Gasteiger partial charge < -0.3 is 19.9 Å². The zero-order valence-corrected chi connectivity index (χ0v) is 18.4. The number of carbonyl (C=O) groups is 1. The first-order chi connectivity index (χ1) is 15.9. The zero-order chi connectivity index (χ0) is 23.3. The predicted octanol–water partition coefficient (Wildman–Crippen LogP) is 6.08. The van der Waals surface area contributed by atoms with E-state index in [0.717, 1.165) is 22.2 Å². The maximum absolute atomic E-state index is 11.4. The predicted molar refractivity (Wildman–Crippen MR) is 129 cm³/mol. The topological polar surface area (TPSA) is 95.4 Å². The molecule has 0 unspecified atom stereocenters. The summed E-state index contributed by atoms with van der Waals surface area (Å²) < 4.78 is 5.83. The molecule has 33 heavy (non-hydrogen) atoms. The lowest BCUT2D eigenvalue weighted by Gasteiger charge is -2.13. The van der Waals surface area contributed by atoms with E-state index < -0.39 is 5.97 Å². The van der Waals surface area contributed by atoms with Gasteiger partial charge in [-0.2, -0.15) is 0 Å². The number of ether oxygens (including phenoxy) is 1. The highest BCUT2D eigenvalue weighted by atomic mass is 16.5. The molecule has 5 aromatic rings. The standard InChI is InChI=1S/C27H22N2O4/c1-14-7-8-16(11-15(14)2)19-5-4-6-20(25(19)33-3)26-28-21-10-9-17-12-18(27(31)32)13-22(30)23(17)24(21)29-26/h4-13,30H,1-3H3,(H,28,29)(H,31,32). The van der Waals surface area contributed by atoms with Gasteiger partial charge >= 0.3 is 5.97 Å². The number of nitrogens with one attached hydrogen (secondary N) is 1. The SMILES string of the molecule is COc1c(-c2ccc(C)c(C)c2)cccc1-c1nc2c(ccc3cc(C(=O)O)cc(O)c32)[nH]1. The third kappa shape index (κ3) is 3.36. The summed E-state index contributed by atoms with van der Waals surface area (Å²) in [6.07, 6.45) is 0. The molecule has 0 spiro atoms. The number of imidazole rings is 1. The fourth-order valence-corrected chi connectivity index (χ4v) is 4.24. The molecule has 1 heterocycles. The molecule has 4 aromatic carbocycles. The smallest absolute Gasteiger partial charge is 0.335 e. The number of nitrogens with zero attached hydrogens (tertiary/aromatic N) is 1. The van der Waals surface area contributed by atoms with E-state index in [0.29, 0.717) is 27.9 Å². The summed E-state index contributed by atoms with van der Waals surface area (Å²) in [6, 6.07) is 18.6. The number of para-hydroxylation sites is 1. The van der Waals surface area contributed by atoms with Gasteiger partial charge in [-0.25, -0.2) is 9.78 Å². The number of hydrogen-bond donors (Lipinski definition) is 3. The Hall–Kier alpha value is -4.32. The molecule has 0 aliphatic rings. The third-order valence-electron chi connectivity index (χ3n) is 6.09. The number of aryl methyl sites for hydroxylation is 2. The van der Waals surface area contributed by atoms with Gasteiger partial charge in [0.1, 0.15) is 22.8 Å². The van der Waals surface area contributed by atoms with Crippen molar-refractivity contribution in [3.8, 4) is 34.0 Å². The van der Waals surface area contributed by atoms with Gasteiger partial charge in [-0.1, -0.05) is 36.4 Å². The van der Waals surface area contributed by atoms with E-state index in [1.54, 1.807) is 13.2 Å².